The molecule has 1 aliphatic rings. The second-order valence-corrected chi connectivity index (χ2v) is 7.18. The fourth-order valence-corrected chi connectivity index (χ4v) is 4.00. The van der Waals surface area contributed by atoms with E-state index in [4.69, 9.17) is 0 Å². The molecule has 1 unspecified atom stereocenters. The SMILES string of the molecule is O=C(CCc1c[nH]c2ccccc12)NCC1(O)CCCc2ccccc21. The van der Waals surface area contributed by atoms with Gasteiger partial charge in [0.05, 0.1) is 6.54 Å². The van der Waals surface area contributed by atoms with Crippen molar-refractivity contribution in [2.45, 2.75) is 37.7 Å². The van der Waals surface area contributed by atoms with Crippen molar-refractivity contribution < 1.29 is 9.90 Å². The van der Waals surface area contributed by atoms with E-state index in [1.54, 1.807) is 0 Å². The molecule has 1 aromatic heterocycles. The van der Waals surface area contributed by atoms with Gasteiger partial charge in [-0.1, -0.05) is 42.5 Å². The Morgan fingerprint density at radius 1 is 1.15 bits per heavy atom. The Morgan fingerprint density at radius 2 is 1.96 bits per heavy atom. The first-order valence-corrected chi connectivity index (χ1v) is 9.28. The minimum absolute atomic E-state index is 0.0215. The van der Waals surface area contributed by atoms with Gasteiger partial charge in [-0.2, -0.15) is 0 Å². The van der Waals surface area contributed by atoms with Crippen LogP contribution >= 0.6 is 0 Å². The molecular formula is C22H24N2O2. The van der Waals surface area contributed by atoms with Crippen LogP contribution in [0.3, 0.4) is 0 Å². The summed E-state index contributed by atoms with van der Waals surface area (Å²) in [6, 6.07) is 16.1. The van der Waals surface area contributed by atoms with E-state index in [1.165, 1.54) is 10.9 Å². The highest BCUT2D eigenvalue weighted by Gasteiger charge is 2.34. The third-order valence-electron chi connectivity index (χ3n) is 5.43. The van der Waals surface area contributed by atoms with E-state index in [1.807, 2.05) is 42.6 Å². The number of aromatic nitrogens is 1. The lowest BCUT2D eigenvalue weighted by atomic mass is 9.79. The van der Waals surface area contributed by atoms with Gasteiger partial charge in [0.1, 0.15) is 5.60 Å². The zero-order valence-corrected chi connectivity index (χ0v) is 14.8. The van der Waals surface area contributed by atoms with Crippen molar-refractivity contribution in [2.75, 3.05) is 6.54 Å². The number of amides is 1. The molecule has 4 heteroatoms. The number of hydrogen-bond donors (Lipinski definition) is 3. The molecule has 1 amide bonds. The summed E-state index contributed by atoms with van der Waals surface area (Å²) < 4.78 is 0. The summed E-state index contributed by atoms with van der Waals surface area (Å²) in [5.41, 5.74) is 3.44. The Morgan fingerprint density at radius 3 is 2.88 bits per heavy atom. The van der Waals surface area contributed by atoms with Gasteiger partial charge in [0.2, 0.25) is 5.91 Å². The van der Waals surface area contributed by atoms with Crippen LogP contribution in [0.1, 0.15) is 36.0 Å². The highest BCUT2D eigenvalue weighted by molar-refractivity contribution is 5.84. The average molecular weight is 348 g/mol. The normalized spacial score (nSPS) is 19.3. The number of carbonyl (C=O) groups excluding carboxylic acids is 1. The smallest absolute Gasteiger partial charge is 0.220 e. The van der Waals surface area contributed by atoms with Crippen molar-refractivity contribution in [3.8, 4) is 0 Å². The van der Waals surface area contributed by atoms with Crippen molar-refractivity contribution in [3.63, 3.8) is 0 Å². The Hall–Kier alpha value is -2.59. The first-order chi connectivity index (χ1) is 12.7. The summed E-state index contributed by atoms with van der Waals surface area (Å²) in [6.07, 6.45) is 5.70. The van der Waals surface area contributed by atoms with Crippen LogP contribution in [0.15, 0.2) is 54.7 Å². The van der Waals surface area contributed by atoms with Crippen molar-refractivity contribution in [1.82, 2.24) is 10.3 Å². The number of fused-ring (bicyclic) bond motifs is 2. The highest BCUT2D eigenvalue weighted by atomic mass is 16.3. The number of para-hydroxylation sites is 1. The topological polar surface area (TPSA) is 65.1 Å². The van der Waals surface area contributed by atoms with Crippen LogP contribution in [0.25, 0.3) is 10.9 Å². The van der Waals surface area contributed by atoms with Crippen molar-refractivity contribution in [1.29, 1.82) is 0 Å². The lowest BCUT2D eigenvalue weighted by Crippen LogP contribution is -2.43. The number of hydrogen-bond acceptors (Lipinski definition) is 2. The third-order valence-corrected chi connectivity index (χ3v) is 5.43. The second kappa shape index (κ2) is 6.96. The Bertz CT molecular complexity index is 931. The molecule has 0 spiro atoms. The average Bonchev–Trinajstić information content (AvgIpc) is 3.08. The van der Waals surface area contributed by atoms with Crippen LogP contribution in [-0.2, 0) is 23.2 Å². The maximum Gasteiger partial charge on any atom is 0.220 e. The summed E-state index contributed by atoms with van der Waals surface area (Å²) in [4.78, 5) is 15.6. The van der Waals surface area contributed by atoms with Crippen LogP contribution < -0.4 is 5.32 Å². The van der Waals surface area contributed by atoms with Gasteiger partial charge in [-0.15, -0.1) is 0 Å². The first kappa shape index (κ1) is 16.9. The predicted octanol–water partition coefficient (Wildman–Crippen LogP) is 3.44. The number of rotatable bonds is 5. The molecule has 1 aliphatic carbocycles. The molecule has 4 rings (SSSR count). The number of aryl methyl sites for hydroxylation is 2. The van der Waals surface area contributed by atoms with Gasteiger partial charge in [0.15, 0.2) is 0 Å². The fraction of sp³-hybridized carbons (Fsp3) is 0.318. The van der Waals surface area contributed by atoms with E-state index < -0.39 is 5.60 Å². The van der Waals surface area contributed by atoms with Crippen LogP contribution in [0.4, 0.5) is 0 Å². The summed E-state index contributed by atoms with van der Waals surface area (Å²) in [5, 5.41) is 15.2. The zero-order valence-electron chi connectivity index (χ0n) is 14.8. The van der Waals surface area contributed by atoms with Gasteiger partial charge in [0.25, 0.3) is 0 Å². The van der Waals surface area contributed by atoms with Crippen LogP contribution in [0.5, 0.6) is 0 Å². The summed E-state index contributed by atoms with van der Waals surface area (Å²) in [7, 11) is 0. The minimum Gasteiger partial charge on any atom is -0.383 e. The number of carbonyl (C=O) groups is 1. The number of benzene rings is 2. The quantitative estimate of drug-likeness (QED) is 0.661. The van der Waals surface area contributed by atoms with Gasteiger partial charge in [-0.25, -0.2) is 0 Å². The molecule has 1 atom stereocenters. The molecule has 3 aromatic rings. The number of nitrogens with one attached hydrogen (secondary N) is 2. The molecule has 2 aromatic carbocycles. The van der Waals surface area contributed by atoms with Gasteiger partial charge < -0.3 is 15.4 Å². The molecular weight excluding hydrogens is 324 g/mol. The maximum atomic E-state index is 12.3. The third kappa shape index (κ3) is 3.25. The molecule has 0 aliphatic heterocycles. The van der Waals surface area contributed by atoms with E-state index in [0.717, 1.165) is 29.5 Å². The van der Waals surface area contributed by atoms with Crippen molar-refractivity contribution in [2.24, 2.45) is 0 Å². The van der Waals surface area contributed by atoms with Crippen LogP contribution in [0.2, 0.25) is 0 Å². The molecule has 3 N–H and O–H groups in total. The Balaban J connectivity index is 1.37. The second-order valence-electron chi connectivity index (χ2n) is 7.18. The Labute approximate surface area is 153 Å². The molecule has 134 valence electrons. The predicted molar refractivity (Wildman–Crippen MR) is 103 cm³/mol. The van der Waals surface area contributed by atoms with E-state index >= 15 is 0 Å². The Kier molecular flexibility index (Phi) is 4.51. The molecule has 0 fully saturated rings. The lowest BCUT2D eigenvalue weighted by molar-refractivity contribution is -0.122. The van der Waals surface area contributed by atoms with Gasteiger partial charge in [0, 0.05) is 23.5 Å². The van der Waals surface area contributed by atoms with Crippen LogP contribution in [-0.4, -0.2) is 22.5 Å². The van der Waals surface area contributed by atoms with Gasteiger partial charge in [-0.05, 0) is 48.4 Å². The van der Waals surface area contributed by atoms with Gasteiger partial charge >= 0.3 is 0 Å². The maximum absolute atomic E-state index is 12.3. The monoisotopic (exact) mass is 348 g/mol. The van der Waals surface area contributed by atoms with E-state index in [9.17, 15) is 9.90 Å². The zero-order chi connectivity index (χ0) is 18.0. The highest BCUT2D eigenvalue weighted by Crippen LogP contribution is 2.34. The molecule has 0 radical (unpaired) electrons. The van der Waals surface area contributed by atoms with Gasteiger partial charge in [-0.3, -0.25) is 4.79 Å². The standard InChI is InChI=1S/C22H24N2O2/c25-21(12-11-17-14-23-20-10-4-2-8-18(17)20)24-15-22(26)13-5-7-16-6-1-3-9-19(16)22/h1-4,6,8-10,14,23,26H,5,7,11-13,15H2,(H,24,25). The molecule has 0 bridgehead atoms. The van der Waals surface area contributed by atoms with E-state index in [2.05, 4.69) is 22.4 Å². The van der Waals surface area contributed by atoms with Crippen LogP contribution in [0, 0.1) is 0 Å². The largest absolute Gasteiger partial charge is 0.383 e. The number of H-pyrrole nitrogens is 1. The summed E-state index contributed by atoms with van der Waals surface area (Å²) >= 11 is 0. The molecule has 0 saturated carbocycles. The molecule has 0 saturated heterocycles. The number of aromatic amines is 1. The van der Waals surface area contributed by atoms with E-state index in [-0.39, 0.29) is 12.5 Å². The summed E-state index contributed by atoms with van der Waals surface area (Å²) in [6.45, 7) is 0.275. The fourth-order valence-electron chi connectivity index (χ4n) is 4.00. The molecule has 4 nitrogen and oxygen atoms in total. The van der Waals surface area contributed by atoms with E-state index in [0.29, 0.717) is 19.3 Å². The van der Waals surface area contributed by atoms with Crippen molar-refractivity contribution in [3.05, 3.63) is 71.4 Å². The summed E-state index contributed by atoms with van der Waals surface area (Å²) in [5.74, 6) is -0.0215. The van der Waals surface area contributed by atoms with Crippen molar-refractivity contribution >= 4 is 16.8 Å². The first-order valence-electron chi connectivity index (χ1n) is 9.28. The number of aliphatic hydroxyl groups is 1. The molecule has 26 heavy (non-hydrogen) atoms. The minimum atomic E-state index is -0.953. The lowest BCUT2D eigenvalue weighted by Gasteiger charge is -2.34. The molecule has 1 heterocycles.